The highest BCUT2D eigenvalue weighted by atomic mass is 19.1. The molecule has 3 atom stereocenters. The lowest BCUT2D eigenvalue weighted by atomic mass is 9.84. The number of aromatic nitrogens is 2. The number of likely N-dealkylation sites (tertiary alicyclic amines) is 1. The van der Waals surface area contributed by atoms with Gasteiger partial charge in [-0.3, -0.25) is 14.4 Å². The molecule has 1 aliphatic rings. The maximum absolute atomic E-state index is 14.1. The number of halogens is 1. The van der Waals surface area contributed by atoms with Crippen LogP contribution in [-0.4, -0.2) is 39.0 Å². The summed E-state index contributed by atoms with van der Waals surface area (Å²) in [5.74, 6) is -0.676. The molecule has 1 unspecified atom stereocenters. The number of benzene rings is 2. The van der Waals surface area contributed by atoms with Crippen molar-refractivity contribution in [1.82, 2.24) is 20.4 Å². The predicted molar refractivity (Wildman–Crippen MR) is 151 cm³/mol. The molecule has 1 fully saturated rings. The third-order valence-electron chi connectivity index (χ3n) is 7.56. The second-order valence-corrected chi connectivity index (χ2v) is 11.0. The number of amides is 2. The van der Waals surface area contributed by atoms with Gasteiger partial charge in [0.15, 0.2) is 5.75 Å². The highest BCUT2D eigenvalue weighted by Gasteiger charge is 2.47. The molecule has 0 radical (unpaired) electrons. The maximum atomic E-state index is 14.1. The molecule has 3 aromatic rings. The van der Waals surface area contributed by atoms with Crippen molar-refractivity contribution in [2.45, 2.75) is 72.0 Å². The van der Waals surface area contributed by atoms with Crippen LogP contribution < -0.4 is 15.6 Å². The molecule has 2 N–H and O–H groups in total. The van der Waals surface area contributed by atoms with Gasteiger partial charge in [0.2, 0.25) is 5.91 Å². The summed E-state index contributed by atoms with van der Waals surface area (Å²) in [5, 5.41) is 18.9. The number of carbonyl (C=O) groups excluding carboxylic acids is 2. The number of rotatable bonds is 8. The first-order chi connectivity index (χ1) is 19.4. The minimum absolute atomic E-state index is 0.0859. The van der Waals surface area contributed by atoms with Crippen LogP contribution in [0.1, 0.15) is 73.3 Å². The number of nitrogens with zero attached hydrogens (tertiary/aromatic N) is 3. The summed E-state index contributed by atoms with van der Waals surface area (Å²) >= 11 is 0. The van der Waals surface area contributed by atoms with Crippen LogP contribution in [0.3, 0.4) is 0 Å². The number of hydrogen-bond donors (Lipinski definition) is 2. The molecule has 10 heteroatoms. The third-order valence-corrected chi connectivity index (χ3v) is 7.56. The van der Waals surface area contributed by atoms with Crippen molar-refractivity contribution >= 4 is 11.8 Å². The molecule has 41 heavy (non-hydrogen) atoms. The fourth-order valence-electron chi connectivity index (χ4n) is 5.28. The van der Waals surface area contributed by atoms with E-state index in [1.54, 1.807) is 69.9 Å². The number of aryl methyl sites for hydroxylation is 2. The summed E-state index contributed by atoms with van der Waals surface area (Å²) < 4.78 is 19.9. The van der Waals surface area contributed by atoms with Gasteiger partial charge in [-0.15, -0.1) is 0 Å². The first kappa shape index (κ1) is 29.5. The molecule has 4 rings (SSSR count). The van der Waals surface area contributed by atoms with Crippen molar-refractivity contribution in [3.05, 3.63) is 87.1 Å². The Morgan fingerprint density at radius 1 is 1.20 bits per heavy atom. The number of ether oxygens (including phenoxy) is 1. The summed E-state index contributed by atoms with van der Waals surface area (Å²) in [6, 6.07) is 13.1. The van der Waals surface area contributed by atoms with Gasteiger partial charge in [0, 0.05) is 11.6 Å². The fourth-order valence-corrected chi connectivity index (χ4v) is 5.28. The number of nitriles is 1. The monoisotopic (exact) mass is 559 g/mol. The van der Waals surface area contributed by atoms with E-state index in [-0.39, 0.29) is 11.7 Å². The molecule has 2 amide bonds. The first-order valence-corrected chi connectivity index (χ1v) is 13.6. The van der Waals surface area contributed by atoms with Gasteiger partial charge in [-0.25, -0.2) is 9.49 Å². The topological polar surface area (TPSA) is 128 Å². The summed E-state index contributed by atoms with van der Waals surface area (Å²) in [6.45, 7) is 8.86. The Morgan fingerprint density at radius 2 is 1.95 bits per heavy atom. The van der Waals surface area contributed by atoms with Gasteiger partial charge >= 0.3 is 5.56 Å². The maximum Gasteiger partial charge on any atom is 0.307 e. The zero-order valence-electron chi connectivity index (χ0n) is 23.8. The molecule has 0 aliphatic carbocycles. The summed E-state index contributed by atoms with van der Waals surface area (Å²) in [5.41, 5.74) is 0.858. The molecule has 2 heterocycles. The molecule has 1 aliphatic heterocycles. The van der Waals surface area contributed by atoms with E-state index in [4.69, 9.17) is 4.74 Å². The Balaban J connectivity index is 1.57. The quantitative estimate of drug-likeness (QED) is 0.395. The standard InChI is InChI=1S/C31H34FN5O4/c1-6-23(30(40)37-24(20-8-7-9-22(32)16-20)11-13-27(37)31(4,5)17-33)34-28(38)21-10-12-25(18(2)14-21)41-26-15-19(3)35-36-29(26)39/h7-10,12,14-16,23-24,27H,6,11,13H2,1-5H3,(H,34,38)(H,36,39)/t23-,24+,27?/m1/s1. The highest BCUT2D eigenvalue weighted by Crippen LogP contribution is 2.43. The number of nitrogens with one attached hydrogen (secondary N) is 2. The number of H-pyrrole nitrogens is 1. The van der Waals surface area contributed by atoms with E-state index in [1.807, 2.05) is 0 Å². The molecule has 0 saturated carbocycles. The van der Waals surface area contributed by atoms with Crippen molar-refractivity contribution in [2.75, 3.05) is 0 Å². The molecular weight excluding hydrogens is 525 g/mol. The minimum Gasteiger partial charge on any atom is -0.451 e. The molecule has 0 spiro atoms. The van der Waals surface area contributed by atoms with E-state index in [9.17, 15) is 24.0 Å². The molecular formula is C31H34FN5O4. The summed E-state index contributed by atoms with van der Waals surface area (Å²) in [7, 11) is 0. The Kier molecular flexibility index (Phi) is 8.57. The fraction of sp³-hybridized carbons (Fsp3) is 0.387. The van der Waals surface area contributed by atoms with Gasteiger partial charge in [0.25, 0.3) is 5.91 Å². The van der Waals surface area contributed by atoms with E-state index < -0.39 is 40.8 Å². The average molecular weight is 560 g/mol. The van der Waals surface area contributed by atoms with Crippen LogP contribution in [0.5, 0.6) is 11.5 Å². The van der Waals surface area contributed by atoms with Crippen molar-refractivity contribution in [2.24, 2.45) is 5.41 Å². The lowest BCUT2D eigenvalue weighted by Gasteiger charge is -2.38. The zero-order chi connectivity index (χ0) is 29.9. The Hall–Kier alpha value is -4.52. The van der Waals surface area contributed by atoms with Crippen LogP contribution in [0.4, 0.5) is 4.39 Å². The van der Waals surface area contributed by atoms with Crippen LogP contribution in [-0.2, 0) is 4.79 Å². The SMILES string of the molecule is CC[C@@H](NC(=O)c1ccc(Oc2cc(C)n[nH]c2=O)c(C)c1)C(=O)N1C(C(C)(C)C#N)CC[C@H]1c1cccc(F)c1. The van der Waals surface area contributed by atoms with Crippen LogP contribution in [0, 0.1) is 36.4 Å². The zero-order valence-corrected chi connectivity index (χ0v) is 23.8. The largest absolute Gasteiger partial charge is 0.451 e. The molecule has 1 saturated heterocycles. The second-order valence-electron chi connectivity index (χ2n) is 11.0. The lowest BCUT2D eigenvalue weighted by Crippen LogP contribution is -2.53. The second kappa shape index (κ2) is 11.9. The Labute approximate surface area is 238 Å². The van der Waals surface area contributed by atoms with Crippen LogP contribution in [0.2, 0.25) is 0 Å². The van der Waals surface area contributed by atoms with E-state index in [1.165, 1.54) is 18.2 Å². The Bertz CT molecular complexity index is 1560. The number of hydrogen-bond acceptors (Lipinski definition) is 6. The van der Waals surface area contributed by atoms with Crippen LogP contribution in [0.25, 0.3) is 0 Å². The van der Waals surface area contributed by atoms with E-state index in [2.05, 4.69) is 21.6 Å². The van der Waals surface area contributed by atoms with Gasteiger partial charge < -0.3 is 15.0 Å². The molecule has 9 nitrogen and oxygen atoms in total. The molecule has 0 bridgehead atoms. The summed E-state index contributed by atoms with van der Waals surface area (Å²) in [4.78, 5) is 41.0. The van der Waals surface area contributed by atoms with E-state index >= 15 is 0 Å². The van der Waals surface area contributed by atoms with E-state index in [0.717, 1.165) is 0 Å². The van der Waals surface area contributed by atoms with E-state index in [0.29, 0.717) is 47.4 Å². The van der Waals surface area contributed by atoms with Gasteiger partial charge in [0.1, 0.15) is 17.6 Å². The number of aromatic amines is 1. The van der Waals surface area contributed by atoms with Crippen molar-refractivity contribution in [3.8, 4) is 17.6 Å². The van der Waals surface area contributed by atoms with Gasteiger partial charge in [-0.05, 0) is 88.4 Å². The van der Waals surface area contributed by atoms with Crippen LogP contribution >= 0.6 is 0 Å². The molecule has 2 aromatic carbocycles. The minimum atomic E-state index is -0.858. The molecule has 1 aromatic heterocycles. The van der Waals surface area contributed by atoms with Crippen molar-refractivity contribution in [1.29, 1.82) is 5.26 Å². The highest BCUT2D eigenvalue weighted by molar-refractivity contribution is 5.98. The predicted octanol–water partition coefficient (Wildman–Crippen LogP) is 5.11. The smallest absolute Gasteiger partial charge is 0.307 e. The van der Waals surface area contributed by atoms with Crippen molar-refractivity contribution in [3.63, 3.8) is 0 Å². The molecule has 214 valence electrons. The van der Waals surface area contributed by atoms with Gasteiger partial charge in [0.05, 0.1) is 29.3 Å². The number of carbonyl (C=O) groups is 2. The normalized spacial score (nSPS) is 17.5. The average Bonchev–Trinajstić information content (AvgIpc) is 3.40. The van der Waals surface area contributed by atoms with Crippen LogP contribution in [0.15, 0.2) is 53.3 Å². The third kappa shape index (κ3) is 6.30. The Morgan fingerprint density at radius 3 is 2.61 bits per heavy atom. The first-order valence-electron chi connectivity index (χ1n) is 13.6. The lowest BCUT2D eigenvalue weighted by molar-refractivity contribution is -0.138. The summed E-state index contributed by atoms with van der Waals surface area (Å²) in [6.07, 6.45) is 1.48. The van der Waals surface area contributed by atoms with Gasteiger partial charge in [-0.2, -0.15) is 10.4 Å². The van der Waals surface area contributed by atoms with Crippen molar-refractivity contribution < 1.29 is 18.7 Å². The van der Waals surface area contributed by atoms with Gasteiger partial charge in [-0.1, -0.05) is 19.1 Å².